The van der Waals surface area contributed by atoms with Gasteiger partial charge in [0.2, 0.25) is 0 Å². The summed E-state index contributed by atoms with van der Waals surface area (Å²) < 4.78 is 7.61. The molecule has 164 valence electrons. The van der Waals surface area contributed by atoms with Gasteiger partial charge in [-0.3, -0.25) is 4.79 Å². The summed E-state index contributed by atoms with van der Waals surface area (Å²) in [4.78, 5) is 28.5. The van der Waals surface area contributed by atoms with Crippen molar-refractivity contribution in [1.29, 1.82) is 0 Å². The van der Waals surface area contributed by atoms with Gasteiger partial charge < -0.3 is 19.5 Å². The number of fused-ring (bicyclic) bond motifs is 1. The largest absolute Gasteiger partial charge is 0.380 e. The third-order valence-corrected chi connectivity index (χ3v) is 5.96. The Morgan fingerprint density at radius 3 is 2.61 bits per heavy atom. The number of amides is 1. The van der Waals surface area contributed by atoms with Crippen molar-refractivity contribution in [1.82, 2.24) is 24.8 Å². The number of hydrogen-bond donors (Lipinski definition) is 1. The second kappa shape index (κ2) is 9.01. The first kappa shape index (κ1) is 21.2. The summed E-state index contributed by atoms with van der Waals surface area (Å²) in [5.41, 5.74) is 2.81. The van der Waals surface area contributed by atoms with Crippen molar-refractivity contribution in [3.05, 3.63) is 36.2 Å². The lowest BCUT2D eigenvalue weighted by atomic mass is 10.2. The molecule has 3 aromatic heterocycles. The molecular weight excluding hydrogens is 392 g/mol. The van der Waals surface area contributed by atoms with Crippen LogP contribution in [0.15, 0.2) is 30.6 Å². The van der Waals surface area contributed by atoms with Gasteiger partial charge in [0.05, 0.1) is 12.2 Å². The number of carbonyl (C=O) groups is 1. The molecule has 0 aromatic carbocycles. The van der Waals surface area contributed by atoms with Crippen molar-refractivity contribution in [2.75, 3.05) is 25.2 Å². The second-order valence-electron chi connectivity index (χ2n) is 8.02. The van der Waals surface area contributed by atoms with Gasteiger partial charge >= 0.3 is 0 Å². The quantitative estimate of drug-likeness (QED) is 0.588. The molecule has 0 spiro atoms. The van der Waals surface area contributed by atoms with E-state index in [2.05, 4.69) is 41.2 Å². The summed E-state index contributed by atoms with van der Waals surface area (Å²) in [5.74, 6) is 1.59. The maximum absolute atomic E-state index is 12.0. The average molecular weight is 423 g/mol. The maximum atomic E-state index is 12.0. The molecule has 0 unspecified atom stereocenters. The monoisotopic (exact) mass is 422 g/mol. The van der Waals surface area contributed by atoms with E-state index in [0.29, 0.717) is 42.9 Å². The summed E-state index contributed by atoms with van der Waals surface area (Å²) in [7, 11) is 1.61. The van der Waals surface area contributed by atoms with Crippen LogP contribution in [0.25, 0.3) is 22.6 Å². The Morgan fingerprint density at radius 1 is 1.19 bits per heavy atom. The number of imidazole rings is 1. The molecule has 8 heteroatoms. The summed E-state index contributed by atoms with van der Waals surface area (Å²) in [6, 6.07) is 6.91. The summed E-state index contributed by atoms with van der Waals surface area (Å²) in [6.45, 7) is 8.31. The normalized spacial score (nSPS) is 18.6. The van der Waals surface area contributed by atoms with Crippen LogP contribution < -0.4 is 10.2 Å². The van der Waals surface area contributed by atoms with Gasteiger partial charge in [-0.2, -0.15) is 0 Å². The topological polar surface area (TPSA) is 85.2 Å². The van der Waals surface area contributed by atoms with Crippen LogP contribution in [0.3, 0.4) is 0 Å². The third-order valence-electron chi connectivity index (χ3n) is 5.96. The fourth-order valence-electron chi connectivity index (χ4n) is 4.33. The van der Waals surface area contributed by atoms with E-state index in [9.17, 15) is 4.79 Å². The highest BCUT2D eigenvalue weighted by molar-refractivity contribution is 5.96. The van der Waals surface area contributed by atoms with E-state index < -0.39 is 0 Å². The molecule has 1 aliphatic heterocycles. The van der Waals surface area contributed by atoms with Gasteiger partial charge in [0.15, 0.2) is 5.65 Å². The zero-order valence-electron chi connectivity index (χ0n) is 18.6. The fraction of sp³-hybridized carbons (Fsp3) is 0.478. The van der Waals surface area contributed by atoms with Crippen molar-refractivity contribution in [3.8, 4) is 11.4 Å². The van der Waals surface area contributed by atoms with Crippen molar-refractivity contribution >= 4 is 22.9 Å². The SMILES string of the molecule is CCOCCn1c(-c2ccc(N3[C@@H](C)CC[C@@H]3C)nc2)nc2cc(C(=O)NC)cnc21. The minimum Gasteiger partial charge on any atom is -0.380 e. The Morgan fingerprint density at radius 2 is 1.97 bits per heavy atom. The van der Waals surface area contributed by atoms with Gasteiger partial charge in [-0.15, -0.1) is 0 Å². The molecule has 1 fully saturated rings. The van der Waals surface area contributed by atoms with Gasteiger partial charge in [0, 0.05) is 50.2 Å². The zero-order chi connectivity index (χ0) is 22.0. The summed E-state index contributed by atoms with van der Waals surface area (Å²) >= 11 is 0. The van der Waals surface area contributed by atoms with Crippen molar-refractivity contribution in [2.24, 2.45) is 0 Å². The lowest BCUT2D eigenvalue weighted by Crippen LogP contribution is -2.33. The van der Waals surface area contributed by atoms with E-state index in [-0.39, 0.29) is 5.91 Å². The molecule has 0 aliphatic carbocycles. The number of hydrogen-bond acceptors (Lipinski definition) is 6. The molecule has 4 heterocycles. The lowest BCUT2D eigenvalue weighted by Gasteiger charge is -2.27. The van der Waals surface area contributed by atoms with Crippen LogP contribution in [0.1, 0.15) is 44.0 Å². The molecule has 1 aliphatic rings. The molecule has 0 bridgehead atoms. The average Bonchev–Trinajstić information content (AvgIpc) is 3.32. The minimum absolute atomic E-state index is 0.181. The van der Waals surface area contributed by atoms with E-state index in [4.69, 9.17) is 14.7 Å². The molecule has 31 heavy (non-hydrogen) atoms. The number of pyridine rings is 2. The number of carbonyl (C=O) groups excluding carboxylic acids is 1. The van der Waals surface area contributed by atoms with Crippen LogP contribution in [-0.2, 0) is 11.3 Å². The molecule has 4 rings (SSSR count). The Hall–Kier alpha value is -3.00. The van der Waals surface area contributed by atoms with Crippen LogP contribution in [0.4, 0.5) is 5.82 Å². The van der Waals surface area contributed by atoms with Crippen LogP contribution >= 0.6 is 0 Å². The molecule has 1 amide bonds. The van der Waals surface area contributed by atoms with Gasteiger partial charge in [-0.05, 0) is 51.8 Å². The molecule has 0 saturated carbocycles. The highest BCUT2D eigenvalue weighted by Crippen LogP contribution is 2.30. The highest BCUT2D eigenvalue weighted by atomic mass is 16.5. The second-order valence-corrected chi connectivity index (χ2v) is 8.02. The molecule has 0 radical (unpaired) electrons. The van der Waals surface area contributed by atoms with Crippen molar-refractivity contribution in [2.45, 2.75) is 52.2 Å². The molecule has 2 atom stereocenters. The Labute approximate surface area is 182 Å². The predicted octanol–water partition coefficient (Wildman–Crippen LogP) is 3.27. The fourth-order valence-corrected chi connectivity index (χ4v) is 4.33. The number of rotatable bonds is 7. The van der Waals surface area contributed by atoms with Crippen molar-refractivity contribution < 1.29 is 9.53 Å². The first-order valence-corrected chi connectivity index (χ1v) is 10.9. The first-order valence-electron chi connectivity index (χ1n) is 10.9. The lowest BCUT2D eigenvalue weighted by molar-refractivity contribution is 0.0963. The number of ether oxygens (including phenoxy) is 1. The maximum Gasteiger partial charge on any atom is 0.252 e. The van der Waals surface area contributed by atoms with Gasteiger partial charge in [0.1, 0.15) is 17.2 Å². The van der Waals surface area contributed by atoms with E-state index in [0.717, 1.165) is 22.9 Å². The molecule has 3 aromatic rings. The van der Waals surface area contributed by atoms with E-state index in [1.54, 1.807) is 19.3 Å². The predicted molar refractivity (Wildman–Crippen MR) is 121 cm³/mol. The minimum atomic E-state index is -0.181. The molecule has 1 N–H and O–H groups in total. The molecular formula is C23H30N6O2. The Balaban J connectivity index is 1.72. The van der Waals surface area contributed by atoms with Crippen molar-refractivity contribution in [3.63, 3.8) is 0 Å². The van der Waals surface area contributed by atoms with Crippen LogP contribution in [0.2, 0.25) is 0 Å². The van der Waals surface area contributed by atoms with E-state index in [1.807, 2.05) is 17.7 Å². The molecule has 1 saturated heterocycles. The first-order chi connectivity index (χ1) is 15.0. The van der Waals surface area contributed by atoms with Crippen LogP contribution in [0, 0.1) is 0 Å². The molecule has 8 nitrogen and oxygen atoms in total. The number of nitrogens with zero attached hydrogens (tertiary/aromatic N) is 5. The highest BCUT2D eigenvalue weighted by Gasteiger charge is 2.28. The standard InChI is InChI=1S/C23H30N6O2/c1-5-31-11-10-28-21(27-19-12-18(23(30)24-4)14-26-22(19)28)17-8-9-20(25-13-17)29-15(2)6-7-16(29)3/h8-9,12-16H,5-7,10-11H2,1-4H3,(H,24,30)/t15-,16-/m0/s1. The van der Waals surface area contributed by atoms with E-state index in [1.165, 1.54) is 12.8 Å². The Kier molecular flexibility index (Phi) is 6.18. The smallest absolute Gasteiger partial charge is 0.252 e. The number of nitrogens with one attached hydrogen (secondary N) is 1. The van der Waals surface area contributed by atoms with Crippen LogP contribution in [0.5, 0.6) is 0 Å². The van der Waals surface area contributed by atoms with Crippen LogP contribution in [-0.4, -0.2) is 57.8 Å². The Bertz CT molecular complexity index is 1050. The zero-order valence-corrected chi connectivity index (χ0v) is 18.6. The number of anilines is 1. The summed E-state index contributed by atoms with van der Waals surface area (Å²) in [6.07, 6.45) is 5.85. The van der Waals surface area contributed by atoms with E-state index >= 15 is 0 Å². The van der Waals surface area contributed by atoms with Gasteiger partial charge in [0.25, 0.3) is 5.91 Å². The summed E-state index contributed by atoms with van der Waals surface area (Å²) in [5, 5.41) is 2.63. The number of aromatic nitrogens is 4. The van der Waals surface area contributed by atoms with Gasteiger partial charge in [-0.25, -0.2) is 15.0 Å². The third kappa shape index (κ3) is 4.12. The van der Waals surface area contributed by atoms with Gasteiger partial charge in [-0.1, -0.05) is 0 Å².